The van der Waals surface area contributed by atoms with Crippen molar-refractivity contribution in [1.29, 1.82) is 0 Å². The van der Waals surface area contributed by atoms with Crippen LogP contribution in [0.2, 0.25) is 0 Å². The zero-order valence-electron chi connectivity index (χ0n) is 13.8. The Hall–Kier alpha value is -1.33. The van der Waals surface area contributed by atoms with Gasteiger partial charge in [-0.25, -0.2) is 4.39 Å². The van der Waals surface area contributed by atoms with E-state index in [1.54, 1.807) is 17.8 Å². The Bertz CT molecular complexity index is 756. The number of aryl methyl sites for hydroxylation is 2. The summed E-state index contributed by atoms with van der Waals surface area (Å²) in [5.41, 5.74) is 4.32. The van der Waals surface area contributed by atoms with Crippen LogP contribution in [0.3, 0.4) is 0 Å². The molecular formula is C19H20BrFN2S. The maximum Gasteiger partial charge on any atom is 0.157 e. The van der Waals surface area contributed by atoms with Crippen LogP contribution >= 0.6 is 27.7 Å². The molecule has 5 heteroatoms. The molecule has 1 atom stereocenters. The van der Waals surface area contributed by atoms with Crippen LogP contribution in [0, 0.1) is 19.7 Å². The number of halogens is 2. The van der Waals surface area contributed by atoms with E-state index in [0.717, 1.165) is 28.4 Å². The largest absolute Gasteiger partial charge is 0.358 e. The number of hydrogen-bond acceptors (Lipinski definition) is 3. The van der Waals surface area contributed by atoms with E-state index in [-0.39, 0.29) is 11.9 Å². The number of amidine groups is 1. The molecule has 1 unspecified atom stereocenters. The molecule has 0 fully saturated rings. The highest BCUT2D eigenvalue weighted by Crippen LogP contribution is 2.27. The van der Waals surface area contributed by atoms with Gasteiger partial charge in [0.25, 0.3) is 0 Å². The second-order valence-corrected chi connectivity index (χ2v) is 8.10. The maximum absolute atomic E-state index is 14.4. The fourth-order valence-electron chi connectivity index (χ4n) is 3.01. The molecule has 0 saturated heterocycles. The first kappa shape index (κ1) is 17.5. The number of aliphatic imine (C=N–C) groups is 1. The van der Waals surface area contributed by atoms with Crippen LogP contribution in [0.4, 0.5) is 4.39 Å². The van der Waals surface area contributed by atoms with Crippen molar-refractivity contribution in [2.45, 2.75) is 26.3 Å². The van der Waals surface area contributed by atoms with Crippen molar-refractivity contribution in [3.63, 3.8) is 0 Å². The summed E-state index contributed by atoms with van der Waals surface area (Å²) in [5, 5.41) is 4.35. The lowest BCUT2D eigenvalue weighted by molar-refractivity contribution is 0.558. The third-order valence-electron chi connectivity index (χ3n) is 3.94. The first-order valence-electron chi connectivity index (χ1n) is 7.97. The van der Waals surface area contributed by atoms with Gasteiger partial charge in [0, 0.05) is 15.8 Å². The van der Waals surface area contributed by atoms with Gasteiger partial charge < -0.3 is 5.32 Å². The van der Waals surface area contributed by atoms with Crippen molar-refractivity contribution in [2.75, 3.05) is 12.3 Å². The minimum Gasteiger partial charge on any atom is -0.358 e. The molecule has 1 aliphatic rings. The summed E-state index contributed by atoms with van der Waals surface area (Å²) in [6, 6.07) is 11.4. The highest BCUT2D eigenvalue weighted by atomic mass is 79.9. The van der Waals surface area contributed by atoms with Gasteiger partial charge in [-0.05, 0) is 44.0 Å². The first-order chi connectivity index (χ1) is 11.5. The van der Waals surface area contributed by atoms with Gasteiger partial charge in [-0.3, -0.25) is 4.99 Å². The number of thioether (sulfide) groups is 1. The third-order valence-corrected chi connectivity index (χ3v) is 5.34. The Morgan fingerprint density at radius 2 is 1.96 bits per heavy atom. The maximum atomic E-state index is 14.4. The van der Waals surface area contributed by atoms with Crippen molar-refractivity contribution in [3.8, 4) is 0 Å². The SMILES string of the molecule is Cc1cc(C)cc(CC(NC2=NCCS2)c2cc(Br)ccc2F)c1. The van der Waals surface area contributed by atoms with Gasteiger partial charge in [0.15, 0.2) is 5.17 Å². The summed E-state index contributed by atoms with van der Waals surface area (Å²) in [7, 11) is 0. The molecule has 1 N–H and O–H groups in total. The van der Waals surface area contributed by atoms with Crippen LogP contribution in [0.5, 0.6) is 0 Å². The smallest absolute Gasteiger partial charge is 0.157 e. The minimum atomic E-state index is -0.191. The Morgan fingerprint density at radius 3 is 2.62 bits per heavy atom. The molecule has 0 aromatic heterocycles. The molecule has 0 bridgehead atoms. The molecule has 126 valence electrons. The zero-order valence-corrected chi connectivity index (χ0v) is 16.2. The molecule has 2 nitrogen and oxygen atoms in total. The van der Waals surface area contributed by atoms with Crippen LogP contribution < -0.4 is 5.32 Å². The lowest BCUT2D eigenvalue weighted by Gasteiger charge is -2.21. The van der Waals surface area contributed by atoms with Crippen LogP contribution in [0.15, 0.2) is 45.9 Å². The second kappa shape index (κ2) is 7.70. The van der Waals surface area contributed by atoms with E-state index in [0.29, 0.717) is 5.56 Å². The Morgan fingerprint density at radius 1 is 1.21 bits per heavy atom. The molecule has 0 aliphatic carbocycles. The molecule has 0 spiro atoms. The molecule has 1 aliphatic heterocycles. The van der Waals surface area contributed by atoms with Gasteiger partial charge >= 0.3 is 0 Å². The summed E-state index contributed by atoms with van der Waals surface area (Å²) in [4.78, 5) is 4.46. The van der Waals surface area contributed by atoms with E-state index >= 15 is 0 Å². The summed E-state index contributed by atoms with van der Waals surface area (Å²) >= 11 is 5.15. The monoisotopic (exact) mass is 406 g/mol. The topological polar surface area (TPSA) is 24.4 Å². The summed E-state index contributed by atoms with van der Waals surface area (Å²) in [5.74, 6) is 0.795. The molecule has 0 saturated carbocycles. The number of hydrogen-bond donors (Lipinski definition) is 1. The quantitative estimate of drug-likeness (QED) is 0.755. The minimum absolute atomic E-state index is 0.145. The molecule has 24 heavy (non-hydrogen) atoms. The van der Waals surface area contributed by atoms with E-state index < -0.39 is 0 Å². The Labute approximate surface area is 155 Å². The van der Waals surface area contributed by atoms with Crippen LogP contribution in [0.1, 0.15) is 28.3 Å². The van der Waals surface area contributed by atoms with E-state index in [2.05, 4.69) is 58.3 Å². The fraction of sp³-hybridized carbons (Fsp3) is 0.316. The van der Waals surface area contributed by atoms with E-state index in [4.69, 9.17) is 0 Å². The number of rotatable bonds is 4. The highest BCUT2D eigenvalue weighted by Gasteiger charge is 2.20. The molecule has 0 amide bonds. The standard InChI is InChI=1S/C19H20BrFN2S/c1-12-7-13(2)9-14(8-12)10-18(23-19-22-5-6-24-19)16-11-15(20)3-4-17(16)21/h3-4,7-9,11,18H,5-6,10H2,1-2H3,(H,22,23). The van der Waals surface area contributed by atoms with Gasteiger partial charge in [0.2, 0.25) is 0 Å². The van der Waals surface area contributed by atoms with Gasteiger partial charge in [0.1, 0.15) is 5.82 Å². The molecular weight excluding hydrogens is 387 g/mol. The molecule has 3 rings (SSSR count). The van der Waals surface area contributed by atoms with E-state index in [1.807, 2.05) is 6.07 Å². The average Bonchev–Trinajstić information content (AvgIpc) is 3.01. The van der Waals surface area contributed by atoms with Gasteiger partial charge in [-0.2, -0.15) is 0 Å². The molecule has 2 aromatic rings. The van der Waals surface area contributed by atoms with E-state index in [1.165, 1.54) is 22.8 Å². The fourth-order valence-corrected chi connectivity index (χ4v) is 4.18. The predicted molar refractivity (Wildman–Crippen MR) is 104 cm³/mol. The second-order valence-electron chi connectivity index (χ2n) is 6.10. The van der Waals surface area contributed by atoms with Crippen molar-refractivity contribution >= 4 is 32.9 Å². The molecule has 1 heterocycles. The molecule has 0 radical (unpaired) electrons. The zero-order chi connectivity index (χ0) is 17.1. The summed E-state index contributed by atoms with van der Waals surface area (Å²) in [6.45, 7) is 5.01. The number of nitrogens with one attached hydrogen (secondary N) is 1. The van der Waals surface area contributed by atoms with Crippen molar-refractivity contribution in [1.82, 2.24) is 5.32 Å². The third kappa shape index (κ3) is 4.39. The van der Waals surface area contributed by atoms with E-state index in [9.17, 15) is 4.39 Å². The first-order valence-corrected chi connectivity index (χ1v) is 9.75. The Balaban J connectivity index is 1.93. The van der Waals surface area contributed by atoms with Gasteiger partial charge in [-0.1, -0.05) is 57.0 Å². The van der Waals surface area contributed by atoms with Crippen molar-refractivity contribution in [3.05, 3.63) is 68.9 Å². The highest BCUT2D eigenvalue weighted by molar-refractivity contribution is 9.10. The van der Waals surface area contributed by atoms with Crippen LogP contribution in [-0.4, -0.2) is 17.5 Å². The number of benzene rings is 2. The summed E-state index contributed by atoms with van der Waals surface area (Å²) < 4.78 is 15.3. The summed E-state index contributed by atoms with van der Waals surface area (Å²) in [6.07, 6.45) is 0.718. The van der Waals surface area contributed by atoms with Crippen molar-refractivity contribution < 1.29 is 4.39 Å². The number of nitrogens with zero attached hydrogens (tertiary/aromatic N) is 1. The van der Waals surface area contributed by atoms with Crippen LogP contribution in [0.25, 0.3) is 0 Å². The predicted octanol–water partition coefficient (Wildman–Crippen LogP) is 5.18. The molecule has 2 aromatic carbocycles. The lowest BCUT2D eigenvalue weighted by atomic mass is 9.96. The normalized spacial score (nSPS) is 15.2. The Kier molecular flexibility index (Phi) is 5.61. The van der Waals surface area contributed by atoms with Crippen LogP contribution in [-0.2, 0) is 6.42 Å². The van der Waals surface area contributed by atoms with Gasteiger partial charge in [0.05, 0.1) is 12.6 Å². The lowest BCUT2D eigenvalue weighted by Crippen LogP contribution is -2.28. The van der Waals surface area contributed by atoms with Gasteiger partial charge in [-0.15, -0.1) is 0 Å². The average molecular weight is 407 g/mol. The van der Waals surface area contributed by atoms with Crippen molar-refractivity contribution in [2.24, 2.45) is 4.99 Å².